The maximum absolute atomic E-state index is 13.6. The van der Waals surface area contributed by atoms with Gasteiger partial charge < -0.3 is 10.2 Å². The second-order valence-corrected chi connectivity index (χ2v) is 8.71. The Morgan fingerprint density at radius 2 is 1.94 bits per heavy atom. The summed E-state index contributed by atoms with van der Waals surface area (Å²) in [5, 5.41) is 7.20. The highest BCUT2D eigenvalue weighted by Gasteiger charge is 2.40. The fraction of sp³-hybridized carbons (Fsp3) is 0.261. The highest BCUT2D eigenvalue weighted by Crippen LogP contribution is 2.41. The number of nitrogens with one attached hydrogen (secondary N) is 1. The number of likely N-dealkylation sites (N-methyl/N-ethyl adjacent to an activating group) is 1. The predicted molar refractivity (Wildman–Crippen MR) is 124 cm³/mol. The van der Waals surface area contributed by atoms with Gasteiger partial charge in [0.2, 0.25) is 0 Å². The van der Waals surface area contributed by atoms with E-state index < -0.39 is 17.9 Å². The highest BCUT2D eigenvalue weighted by molar-refractivity contribution is 6.42. The van der Waals surface area contributed by atoms with E-state index in [4.69, 9.17) is 23.2 Å². The first-order valence-electron chi connectivity index (χ1n) is 10.3. The standard InChI is InChI=1S/C23H20Cl2F3N5O/c1-13-20(22(34)32(2)10-8-15-5-3-4-9-29-15)21(14-6-7-16(24)17(25)11-14)33-19(30-13)12-18(31-33)23(26,27)28/h3-7,9,11-12,21,30H,8,10H2,1-2H3. The van der Waals surface area contributed by atoms with E-state index in [1.54, 1.807) is 32.3 Å². The molecule has 0 saturated carbocycles. The van der Waals surface area contributed by atoms with Crippen LogP contribution < -0.4 is 5.32 Å². The van der Waals surface area contributed by atoms with Crippen LogP contribution in [0, 0.1) is 0 Å². The van der Waals surface area contributed by atoms with Gasteiger partial charge in [-0.3, -0.25) is 9.78 Å². The fourth-order valence-corrected chi connectivity index (χ4v) is 4.12. The van der Waals surface area contributed by atoms with Gasteiger partial charge in [-0.05, 0) is 36.8 Å². The second-order valence-electron chi connectivity index (χ2n) is 7.89. The molecule has 0 saturated heterocycles. The number of amides is 1. The summed E-state index contributed by atoms with van der Waals surface area (Å²) in [6.07, 6.45) is -2.45. The van der Waals surface area contributed by atoms with Crippen molar-refractivity contribution in [1.29, 1.82) is 0 Å². The number of pyridine rings is 1. The average molecular weight is 510 g/mol. The average Bonchev–Trinajstić information content (AvgIpc) is 3.23. The van der Waals surface area contributed by atoms with Crippen molar-refractivity contribution in [1.82, 2.24) is 19.7 Å². The number of alkyl halides is 3. The van der Waals surface area contributed by atoms with Crippen LogP contribution in [-0.2, 0) is 17.4 Å². The lowest BCUT2D eigenvalue weighted by molar-refractivity contribution is -0.141. The quantitative estimate of drug-likeness (QED) is 0.486. The van der Waals surface area contributed by atoms with Gasteiger partial charge in [0.1, 0.15) is 11.9 Å². The molecule has 0 bridgehead atoms. The van der Waals surface area contributed by atoms with E-state index in [9.17, 15) is 18.0 Å². The van der Waals surface area contributed by atoms with Crippen molar-refractivity contribution in [3.05, 3.63) is 86.9 Å². The molecule has 1 aromatic carbocycles. The molecule has 6 nitrogen and oxygen atoms in total. The minimum atomic E-state index is -4.65. The van der Waals surface area contributed by atoms with Crippen LogP contribution in [0.15, 0.2) is 59.9 Å². The van der Waals surface area contributed by atoms with Crippen molar-refractivity contribution in [3.63, 3.8) is 0 Å². The lowest BCUT2D eigenvalue weighted by Crippen LogP contribution is -2.37. The number of fused-ring (bicyclic) bond motifs is 1. The van der Waals surface area contributed by atoms with Gasteiger partial charge in [-0.1, -0.05) is 35.3 Å². The number of benzene rings is 1. The zero-order valence-electron chi connectivity index (χ0n) is 18.2. The Bertz CT molecular complexity index is 1260. The van der Waals surface area contributed by atoms with Gasteiger partial charge >= 0.3 is 6.18 Å². The van der Waals surface area contributed by atoms with Crippen LogP contribution in [0.25, 0.3) is 0 Å². The van der Waals surface area contributed by atoms with Gasteiger partial charge in [0.05, 0.1) is 15.6 Å². The zero-order valence-corrected chi connectivity index (χ0v) is 19.7. The summed E-state index contributed by atoms with van der Waals surface area (Å²) in [6, 6.07) is 10.2. The Kier molecular flexibility index (Phi) is 6.60. The molecule has 1 N–H and O–H groups in total. The number of hydrogen-bond donors (Lipinski definition) is 1. The third-order valence-corrected chi connectivity index (χ3v) is 6.27. The summed E-state index contributed by atoms with van der Waals surface area (Å²) in [5.74, 6) is -0.236. The summed E-state index contributed by atoms with van der Waals surface area (Å²) in [6.45, 7) is 2.01. The van der Waals surface area contributed by atoms with Crippen LogP contribution >= 0.6 is 23.2 Å². The van der Waals surface area contributed by atoms with E-state index in [1.807, 2.05) is 12.1 Å². The number of carbonyl (C=O) groups excluding carboxylic acids is 1. The van der Waals surface area contributed by atoms with Crippen molar-refractivity contribution < 1.29 is 18.0 Å². The fourth-order valence-electron chi connectivity index (χ4n) is 3.81. The van der Waals surface area contributed by atoms with Gasteiger partial charge in [0.15, 0.2) is 5.69 Å². The number of hydrogen-bond acceptors (Lipinski definition) is 4. The van der Waals surface area contributed by atoms with Crippen molar-refractivity contribution in [3.8, 4) is 0 Å². The number of rotatable bonds is 5. The molecule has 3 heterocycles. The molecule has 2 aromatic heterocycles. The van der Waals surface area contributed by atoms with Crippen LogP contribution in [0.1, 0.15) is 29.9 Å². The number of carbonyl (C=O) groups is 1. The molecule has 1 unspecified atom stereocenters. The molecular weight excluding hydrogens is 490 g/mol. The van der Waals surface area contributed by atoms with Gasteiger partial charge in [0.25, 0.3) is 5.91 Å². The molecule has 0 spiro atoms. The topological polar surface area (TPSA) is 63.1 Å². The Morgan fingerprint density at radius 1 is 1.18 bits per heavy atom. The lowest BCUT2D eigenvalue weighted by atomic mass is 9.94. The summed E-state index contributed by atoms with van der Waals surface area (Å²) in [7, 11) is 1.64. The molecule has 0 aliphatic carbocycles. The number of halogens is 5. The number of allylic oxidation sites excluding steroid dienone is 1. The predicted octanol–water partition coefficient (Wildman–Crippen LogP) is 5.59. The molecule has 178 valence electrons. The number of nitrogens with zero attached hydrogens (tertiary/aromatic N) is 4. The molecule has 11 heteroatoms. The van der Waals surface area contributed by atoms with Gasteiger partial charge in [-0.15, -0.1) is 0 Å². The van der Waals surface area contributed by atoms with Crippen LogP contribution in [0.5, 0.6) is 0 Å². The monoisotopic (exact) mass is 509 g/mol. The maximum atomic E-state index is 13.6. The first-order chi connectivity index (χ1) is 16.1. The third kappa shape index (κ3) is 4.76. The molecule has 3 aromatic rings. The molecule has 1 amide bonds. The summed E-state index contributed by atoms with van der Waals surface area (Å²) in [5.41, 5.74) is 0.915. The molecular formula is C23H20Cl2F3N5O. The normalized spacial score (nSPS) is 15.7. The molecule has 0 fully saturated rings. The highest BCUT2D eigenvalue weighted by atomic mass is 35.5. The molecule has 0 radical (unpaired) electrons. The van der Waals surface area contributed by atoms with Gasteiger partial charge in [0, 0.05) is 43.7 Å². The van der Waals surface area contributed by atoms with E-state index in [0.717, 1.165) is 16.4 Å². The zero-order chi connectivity index (χ0) is 24.6. The molecule has 4 rings (SSSR count). The van der Waals surface area contributed by atoms with Crippen LogP contribution in [0.2, 0.25) is 10.0 Å². The molecule has 1 aliphatic rings. The number of anilines is 1. The Morgan fingerprint density at radius 3 is 2.59 bits per heavy atom. The number of aromatic nitrogens is 3. The minimum Gasteiger partial charge on any atom is -0.344 e. The molecule has 1 aliphatic heterocycles. The van der Waals surface area contributed by atoms with Gasteiger partial charge in [-0.2, -0.15) is 18.3 Å². The third-order valence-electron chi connectivity index (χ3n) is 5.53. The summed E-state index contributed by atoms with van der Waals surface area (Å²) < 4.78 is 41.4. The second kappa shape index (κ2) is 9.31. The smallest absolute Gasteiger partial charge is 0.344 e. The van der Waals surface area contributed by atoms with E-state index in [2.05, 4.69) is 15.4 Å². The first kappa shape index (κ1) is 24.1. The van der Waals surface area contributed by atoms with Crippen molar-refractivity contribution in [2.45, 2.75) is 25.6 Å². The Hall–Kier alpha value is -3.04. The van der Waals surface area contributed by atoms with E-state index in [-0.39, 0.29) is 27.3 Å². The summed E-state index contributed by atoms with van der Waals surface area (Å²) >= 11 is 12.3. The van der Waals surface area contributed by atoms with Crippen LogP contribution in [-0.4, -0.2) is 39.2 Å². The SMILES string of the molecule is CC1=C(C(=O)N(C)CCc2ccccn2)C(c2ccc(Cl)c(Cl)c2)n2nc(C(F)(F)F)cc2N1. The van der Waals surface area contributed by atoms with Crippen LogP contribution in [0.4, 0.5) is 19.0 Å². The van der Waals surface area contributed by atoms with E-state index in [1.165, 1.54) is 17.0 Å². The van der Waals surface area contributed by atoms with Gasteiger partial charge in [-0.25, -0.2) is 4.68 Å². The van der Waals surface area contributed by atoms with E-state index >= 15 is 0 Å². The summed E-state index contributed by atoms with van der Waals surface area (Å²) in [4.78, 5) is 19.3. The Balaban J connectivity index is 1.73. The first-order valence-corrected chi connectivity index (χ1v) is 11.1. The van der Waals surface area contributed by atoms with Crippen molar-refractivity contribution >= 4 is 34.9 Å². The molecule has 34 heavy (non-hydrogen) atoms. The van der Waals surface area contributed by atoms with Crippen LogP contribution in [0.3, 0.4) is 0 Å². The maximum Gasteiger partial charge on any atom is 0.435 e. The lowest BCUT2D eigenvalue weighted by Gasteiger charge is -2.32. The van der Waals surface area contributed by atoms with Crippen molar-refractivity contribution in [2.75, 3.05) is 18.9 Å². The van der Waals surface area contributed by atoms with Crippen molar-refractivity contribution in [2.24, 2.45) is 0 Å². The molecule has 1 atom stereocenters. The van der Waals surface area contributed by atoms with E-state index in [0.29, 0.717) is 24.2 Å². The largest absolute Gasteiger partial charge is 0.435 e. The minimum absolute atomic E-state index is 0.119. The Labute approximate surface area is 204 Å².